The Morgan fingerprint density at radius 3 is 2.76 bits per heavy atom. The van der Waals surface area contributed by atoms with Crippen molar-refractivity contribution < 1.29 is 19.2 Å². The zero-order chi connectivity index (χ0) is 21.2. The second-order valence-electron chi connectivity index (χ2n) is 8.11. The molecule has 1 aliphatic heterocycles. The number of nitrogens with zero attached hydrogens (tertiary/aromatic N) is 4. The number of amides is 1. The quantitative estimate of drug-likeness (QED) is 0.559. The number of hydrogen-bond acceptors (Lipinski definition) is 6. The lowest BCUT2D eigenvalue weighted by atomic mass is 9.88. The molecule has 0 bridgehead atoms. The molecule has 0 radical (unpaired) electrons. The summed E-state index contributed by atoms with van der Waals surface area (Å²) in [5.41, 5.74) is 1.51. The van der Waals surface area contributed by atoms with Crippen LogP contribution in [0.1, 0.15) is 44.2 Å². The Kier molecular flexibility index (Phi) is 5.76. The van der Waals surface area contributed by atoms with Crippen LogP contribution in [0.5, 0.6) is 5.88 Å². The fourth-order valence-corrected chi connectivity index (χ4v) is 3.43. The molecule has 1 aromatic heterocycles. The van der Waals surface area contributed by atoms with Crippen LogP contribution >= 0.6 is 0 Å². The summed E-state index contributed by atoms with van der Waals surface area (Å²) in [5.74, 6) is 0.169. The number of fused-ring (bicyclic) bond motifs is 1. The van der Waals surface area contributed by atoms with E-state index in [-0.39, 0.29) is 30.2 Å². The topological polar surface area (TPSA) is 99.7 Å². The highest BCUT2D eigenvalue weighted by Gasteiger charge is 2.31. The average Bonchev–Trinajstić information content (AvgIpc) is 3.01. The first-order valence-corrected chi connectivity index (χ1v) is 9.50. The lowest BCUT2D eigenvalue weighted by molar-refractivity contribution is -0.386. The normalized spacial score (nSPS) is 16.3. The van der Waals surface area contributed by atoms with Gasteiger partial charge in [-0.25, -0.2) is 9.48 Å². The van der Waals surface area contributed by atoms with Gasteiger partial charge in [0.1, 0.15) is 11.8 Å². The van der Waals surface area contributed by atoms with Crippen LogP contribution in [-0.4, -0.2) is 44.4 Å². The first-order chi connectivity index (χ1) is 13.7. The number of aryl methyl sites for hydroxylation is 1. The SMILES string of the molecule is Cn1ncc([N+](=O)[O-])c1OCCC1CN(C(=O)OC(C)(C)C)Cc2ccccc21. The van der Waals surface area contributed by atoms with Crippen molar-refractivity contribution in [1.82, 2.24) is 14.7 Å². The van der Waals surface area contributed by atoms with Crippen molar-refractivity contribution >= 4 is 11.8 Å². The van der Waals surface area contributed by atoms with Gasteiger partial charge in [-0.3, -0.25) is 10.1 Å². The fraction of sp³-hybridized carbons (Fsp3) is 0.500. The molecule has 0 N–H and O–H groups in total. The fourth-order valence-electron chi connectivity index (χ4n) is 3.43. The molecule has 2 aromatic rings. The van der Waals surface area contributed by atoms with Gasteiger partial charge in [0.05, 0.1) is 11.5 Å². The lowest BCUT2D eigenvalue weighted by Crippen LogP contribution is -2.41. The first kappa shape index (κ1) is 20.6. The van der Waals surface area contributed by atoms with Crippen LogP contribution in [0.25, 0.3) is 0 Å². The standard InChI is InChI=1S/C20H26N4O5/c1-20(2,3)29-19(25)23-12-14-7-5-6-8-16(14)15(13-23)9-10-28-18-17(24(26)27)11-21-22(18)4/h5-8,11,15H,9-10,12-13H2,1-4H3. The van der Waals surface area contributed by atoms with E-state index >= 15 is 0 Å². The number of benzene rings is 1. The number of ether oxygens (including phenoxy) is 2. The molecule has 1 aromatic carbocycles. The Morgan fingerprint density at radius 1 is 1.34 bits per heavy atom. The zero-order valence-corrected chi connectivity index (χ0v) is 17.1. The third kappa shape index (κ3) is 4.85. The van der Waals surface area contributed by atoms with E-state index in [9.17, 15) is 14.9 Å². The van der Waals surface area contributed by atoms with E-state index in [2.05, 4.69) is 11.2 Å². The molecule has 9 nitrogen and oxygen atoms in total. The third-order valence-electron chi connectivity index (χ3n) is 4.72. The van der Waals surface area contributed by atoms with Gasteiger partial charge in [0.25, 0.3) is 5.88 Å². The van der Waals surface area contributed by atoms with Gasteiger partial charge < -0.3 is 14.4 Å². The van der Waals surface area contributed by atoms with E-state index in [1.54, 1.807) is 11.9 Å². The zero-order valence-electron chi connectivity index (χ0n) is 17.1. The maximum atomic E-state index is 12.6. The summed E-state index contributed by atoms with van der Waals surface area (Å²) in [6.07, 6.45) is 1.42. The van der Waals surface area contributed by atoms with E-state index in [4.69, 9.17) is 9.47 Å². The van der Waals surface area contributed by atoms with Crippen molar-refractivity contribution in [2.45, 2.75) is 45.3 Å². The Bertz CT molecular complexity index is 903. The first-order valence-electron chi connectivity index (χ1n) is 9.50. The molecule has 1 amide bonds. The minimum Gasteiger partial charge on any atom is -0.473 e. The molecule has 0 saturated carbocycles. The van der Waals surface area contributed by atoms with Crippen molar-refractivity contribution in [1.29, 1.82) is 0 Å². The van der Waals surface area contributed by atoms with Gasteiger partial charge >= 0.3 is 11.8 Å². The van der Waals surface area contributed by atoms with Crippen LogP contribution in [0, 0.1) is 10.1 Å². The number of rotatable bonds is 5. The molecular formula is C20H26N4O5. The van der Waals surface area contributed by atoms with E-state index in [1.165, 1.54) is 10.9 Å². The van der Waals surface area contributed by atoms with Crippen LogP contribution < -0.4 is 4.74 Å². The minimum absolute atomic E-state index is 0.0414. The maximum Gasteiger partial charge on any atom is 0.410 e. The van der Waals surface area contributed by atoms with Crippen molar-refractivity contribution in [3.05, 3.63) is 51.7 Å². The average molecular weight is 402 g/mol. The summed E-state index contributed by atoms with van der Waals surface area (Å²) in [5, 5.41) is 15.0. The number of carbonyl (C=O) groups is 1. The molecule has 1 atom stereocenters. The second-order valence-corrected chi connectivity index (χ2v) is 8.11. The Balaban J connectivity index is 1.71. The van der Waals surface area contributed by atoms with Crippen LogP contribution in [0.2, 0.25) is 0 Å². The molecule has 0 spiro atoms. The van der Waals surface area contributed by atoms with E-state index in [1.807, 2.05) is 39.0 Å². The molecule has 1 unspecified atom stereocenters. The maximum absolute atomic E-state index is 12.6. The highest BCUT2D eigenvalue weighted by molar-refractivity contribution is 5.69. The summed E-state index contributed by atoms with van der Waals surface area (Å²) in [7, 11) is 1.60. The van der Waals surface area contributed by atoms with Crippen LogP contribution in [0.15, 0.2) is 30.5 Å². The van der Waals surface area contributed by atoms with Gasteiger partial charge in [0.15, 0.2) is 0 Å². The molecule has 156 valence electrons. The van der Waals surface area contributed by atoms with Gasteiger partial charge in [-0.2, -0.15) is 5.10 Å². The van der Waals surface area contributed by atoms with E-state index in [0.29, 0.717) is 19.5 Å². The molecule has 0 fully saturated rings. The van der Waals surface area contributed by atoms with E-state index in [0.717, 1.165) is 11.1 Å². The minimum atomic E-state index is -0.564. The van der Waals surface area contributed by atoms with Crippen molar-refractivity contribution in [3.8, 4) is 5.88 Å². The monoisotopic (exact) mass is 402 g/mol. The van der Waals surface area contributed by atoms with Crippen LogP contribution in [0.3, 0.4) is 0 Å². The predicted molar refractivity (Wildman–Crippen MR) is 106 cm³/mol. The molecule has 0 aliphatic carbocycles. The molecule has 2 heterocycles. The highest BCUT2D eigenvalue weighted by Crippen LogP contribution is 2.32. The molecule has 29 heavy (non-hydrogen) atoms. The molecular weight excluding hydrogens is 376 g/mol. The third-order valence-corrected chi connectivity index (χ3v) is 4.72. The van der Waals surface area contributed by atoms with Gasteiger partial charge in [-0.1, -0.05) is 24.3 Å². The Morgan fingerprint density at radius 2 is 2.07 bits per heavy atom. The van der Waals surface area contributed by atoms with Crippen molar-refractivity contribution in [3.63, 3.8) is 0 Å². The summed E-state index contributed by atoms with van der Waals surface area (Å²) in [4.78, 5) is 24.9. The number of carbonyl (C=O) groups excluding carboxylic acids is 1. The predicted octanol–water partition coefficient (Wildman–Crippen LogP) is 3.63. The van der Waals surface area contributed by atoms with Crippen LogP contribution in [0.4, 0.5) is 10.5 Å². The van der Waals surface area contributed by atoms with Crippen molar-refractivity contribution in [2.24, 2.45) is 7.05 Å². The lowest BCUT2D eigenvalue weighted by Gasteiger charge is -2.35. The van der Waals surface area contributed by atoms with Crippen LogP contribution in [-0.2, 0) is 18.3 Å². The summed E-state index contributed by atoms with van der Waals surface area (Å²) >= 11 is 0. The van der Waals surface area contributed by atoms with Gasteiger partial charge in [0.2, 0.25) is 0 Å². The molecule has 3 rings (SSSR count). The van der Waals surface area contributed by atoms with Gasteiger partial charge in [0, 0.05) is 26.1 Å². The van der Waals surface area contributed by atoms with Gasteiger partial charge in [-0.05, 0) is 38.3 Å². The van der Waals surface area contributed by atoms with Gasteiger partial charge in [-0.15, -0.1) is 0 Å². The smallest absolute Gasteiger partial charge is 0.410 e. The summed E-state index contributed by atoms with van der Waals surface area (Å²) in [6, 6.07) is 7.98. The molecule has 1 aliphatic rings. The summed E-state index contributed by atoms with van der Waals surface area (Å²) in [6.45, 7) is 6.79. The van der Waals surface area contributed by atoms with E-state index < -0.39 is 10.5 Å². The number of hydrogen-bond donors (Lipinski definition) is 0. The highest BCUT2D eigenvalue weighted by atomic mass is 16.6. The molecule has 0 saturated heterocycles. The Labute approximate surface area is 169 Å². The second kappa shape index (κ2) is 8.10. The number of nitro groups is 1. The van der Waals surface area contributed by atoms with Crippen molar-refractivity contribution in [2.75, 3.05) is 13.2 Å². The Hall–Kier alpha value is -3.10. The number of aromatic nitrogens is 2. The molecule has 9 heteroatoms. The summed E-state index contributed by atoms with van der Waals surface area (Å²) < 4.78 is 12.6. The largest absolute Gasteiger partial charge is 0.473 e.